The van der Waals surface area contributed by atoms with Crippen LogP contribution in [-0.2, 0) is 4.79 Å². The summed E-state index contributed by atoms with van der Waals surface area (Å²) in [7, 11) is 0. The van der Waals surface area contributed by atoms with Crippen molar-refractivity contribution in [1.29, 1.82) is 0 Å². The van der Waals surface area contributed by atoms with E-state index in [1.165, 1.54) is 0 Å². The third-order valence-electron chi connectivity index (χ3n) is 5.81. The lowest BCUT2D eigenvalue weighted by atomic mass is 9.85. The van der Waals surface area contributed by atoms with E-state index in [1.54, 1.807) is 0 Å². The highest BCUT2D eigenvalue weighted by molar-refractivity contribution is 5.79. The minimum atomic E-state index is 0.0320. The highest BCUT2D eigenvalue weighted by atomic mass is 16.2. The average Bonchev–Trinajstić information content (AvgIpc) is 2.63. The number of hydrogen-bond donors (Lipinski definition) is 1. The number of urea groups is 1. The highest BCUT2D eigenvalue weighted by Gasteiger charge is 2.32. The van der Waals surface area contributed by atoms with Gasteiger partial charge in [0.25, 0.3) is 0 Å². The molecule has 1 aliphatic carbocycles. The second kappa shape index (κ2) is 9.41. The SMILES string of the molecule is CCN(CC)C(=O)N[C@H]1CC[C@@H](C(=O)N2CCN(C(C)C)CC2)CC1. The van der Waals surface area contributed by atoms with Crippen LogP contribution in [0.4, 0.5) is 4.79 Å². The fourth-order valence-electron chi connectivity index (χ4n) is 3.98. The lowest BCUT2D eigenvalue weighted by molar-refractivity contribution is -0.138. The third-order valence-corrected chi connectivity index (χ3v) is 5.81. The molecule has 144 valence electrons. The Kier molecular flexibility index (Phi) is 7.54. The maximum Gasteiger partial charge on any atom is 0.317 e. The summed E-state index contributed by atoms with van der Waals surface area (Å²) >= 11 is 0. The van der Waals surface area contributed by atoms with Crippen molar-refractivity contribution in [2.75, 3.05) is 39.3 Å². The first-order chi connectivity index (χ1) is 12.0. The molecule has 0 bridgehead atoms. The largest absolute Gasteiger partial charge is 0.340 e. The van der Waals surface area contributed by atoms with E-state index in [-0.39, 0.29) is 18.0 Å². The summed E-state index contributed by atoms with van der Waals surface area (Å²) in [5, 5.41) is 3.13. The summed E-state index contributed by atoms with van der Waals surface area (Å²) in [5.74, 6) is 0.476. The molecule has 0 spiro atoms. The van der Waals surface area contributed by atoms with Gasteiger partial charge in [0.15, 0.2) is 0 Å². The first kappa shape index (κ1) is 20.0. The van der Waals surface area contributed by atoms with Crippen molar-refractivity contribution >= 4 is 11.9 Å². The predicted molar refractivity (Wildman–Crippen MR) is 100 cm³/mol. The van der Waals surface area contributed by atoms with Gasteiger partial charge in [-0.3, -0.25) is 9.69 Å². The normalized spacial score (nSPS) is 25.1. The van der Waals surface area contributed by atoms with Gasteiger partial charge >= 0.3 is 6.03 Å². The van der Waals surface area contributed by atoms with Crippen molar-refractivity contribution in [3.63, 3.8) is 0 Å². The number of carbonyl (C=O) groups is 2. The molecule has 0 aromatic carbocycles. The first-order valence-electron chi connectivity index (χ1n) is 10.0. The van der Waals surface area contributed by atoms with Gasteiger partial charge in [-0.15, -0.1) is 0 Å². The van der Waals surface area contributed by atoms with E-state index in [2.05, 4.69) is 29.0 Å². The van der Waals surface area contributed by atoms with Crippen LogP contribution in [0.25, 0.3) is 0 Å². The number of amides is 3. The second-order valence-electron chi connectivity index (χ2n) is 7.63. The Labute approximate surface area is 152 Å². The monoisotopic (exact) mass is 352 g/mol. The van der Waals surface area contributed by atoms with Crippen LogP contribution in [0.5, 0.6) is 0 Å². The van der Waals surface area contributed by atoms with Crippen LogP contribution in [-0.4, -0.2) is 78.0 Å². The molecule has 0 unspecified atom stereocenters. The Morgan fingerprint density at radius 2 is 1.56 bits per heavy atom. The fourth-order valence-corrected chi connectivity index (χ4v) is 3.98. The molecule has 1 heterocycles. The number of nitrogens with one attached hydrogen (secondary N) is 1. The number of hydrogen-bond acceptors (Lipinski definition) is 3. The molecule has 2 aliphatic rings. The van der Waals surface area contributed by atoms with Gasteiger partial charge in [0, 0.05) is 57.3 Å². The van der Waals surface area contributed by atoms with E-state index >= 15 is 0 Å². The molecule has 25 heavy (non-hydrogen) atoms. The van der Waals surface area contributed by atoms with E-state index in [1.807, 2.05) is 18.7 Å². The van der Waals surface area contributed by atoms with Crippen LogP contribution in [0.2, 0.25) is 0 Å². The Morgan fingerprint density at radius 3 is 2.04 bits per heavy atom. The van der Waals surface area contributed by atoms with Crippen LogP contribution >= 0.6 is 0 Å². The number of piperazine rings is 1. The molecule has 0 atom stereocenters. The van der Waals surface area contributed by atoms with Gasteiger partial charge in [-0.1, -0.05) is 0 Å². The minimum Gasteiger partial charge on any atom is -0.340 e. The zero-order chi connectivity index (χ0) is 18.4. The van der Waals surface area contributed by atoms with Gasteiger partial charge < -0.3 is 15.1 Å². The van der Waals surface area contributed by atoms with E-state index in [9.17, 15) is 9.59 Å². The molecule has 1 N–H and O–H groups in total. The molecule has 1 aliphatic heterocycles. The van der Waals surface area contributed by atoms with Crippen molar-refractivity contribution < 1.29 is 9.59 Å². The molecule has 6 heteroatoms. The maximum atomic E-state index is 12.8. The molecule has 1 saturated carbocycles. The number of rotatable bonds is 5. The highest BCUT2D eigenvalue weighted by Crippen LogP contribution is 2.26. The zero-order valence-corrected chi connectivity index (χ0v) is 16.5. The fraction of sp³-hybridized carbons (Fsp3) is 0.895. The van der Waals surface area contributed by atoms with E-state index in [0.717, 1.165) is 65.0 Å². The van der Waals surface area contributed by atoms with E-state index in [4.69, 9.17) is 0 Å². The van der Waals surface area contributed by atoms with Crippen molar-refractivity contribution in [1.82, 2.24) is 20.0 Å². The minimum absolute atomic E-state index is 0.0320. The summed E-state index contributed by atoms with van der Waals surface area (Å²) in [6.07, 6.45) is 3.61. The second-order valence-corrected chi connectivity index (χ2v) is 7.63. The smallest absolute Gasteiger partial charge is 0.317 e. The standard InChI is InChI=1S/C19H36N4O2/c1-5-21(6-2)19(25)20-17-9-7-16(8-10-17)18(24)23-13-11-22(12-14-23)15(3)4/h15-17H,5-14H2,1-4H3,(H,20,25)/t16-,17+. The quantitative estimate of drug-likeness (QED) is 0.825. The van der Waals surface area contributed by atoms with Gasteiger partial charge in [0.2, 0.25) is 5.91 Å². The van der Waals surface area contributed by atoms with Crippen molar-refractivity contribution in [3.8, 4) is 0 Å². The number of nitrogens with zero attached hydrogens (tertiary/aromatic N) is 3. The lowest BCUT2D eigenvalue weighted by Crippen LogP contribution is -2.53. The third kappa shape index (κ3) is 5.33. The van der Waals surface area contributed by atoms with Crippen LogP contribution in [0.3, 0.4) is 0 Å². The molecule has 0 radical (unpaired) electrons. The Bertz CT molecular complexity index is 435. The molecule has 2 fully saturated rings. The molecule has 2 rings (SSSR count). The van der Waals surface area contributed by atoms with Gasteiger partial charge in [-0.25, -0.2) is 4.79 Å². The predicted octanol–water partition coefficient (Wildman–Crippen LogP) is 2.15. The van der Waals surface area contributed by atoms with E-state index < -0.39 is 0 Å². The van der Waals surface area contributed by atoms with E-state index in [0.29, 0.717) is 11.9 Å². The number of carbonyl (C=O) groups excluding carboxylic acids is 2. The topological polar surface area (TPSA) is 55.9 Å². The van der Waals surface area contributed by atoms with Crippen molar-refractivity contribution in [2.24, 2.45) is 5.92 Å². The van der Waals surface area contributed by atoms with Gasteiger partial charge in [0.05, 0.1) is 0 Å². The first-order valence-corrected chi connectivity index (χ1v) is 10.0. The average molecular weight is 353 g/mol. The molecule has 1 saturated heterocycles. The molecule has 0 aromatic rings. The van der Waals surface area contributed by atoms with Crippen LogP contribution in [0, 0.1) is 5.92 Å². The summed E-state index contributed by atoms with van der Waals surface area (Å²) in [6.45, 7) is 13.6. The zero-order valence-electron chi connectivity index (χ0n) is 16.5. The summed E-state index contributed by atoms with van der Waals surface area (Å²) in [4.78, 5) is 31.2. The summed E-state index contributed by atoms with van der Waals surface area (Å²) in [5.41, 5.74) is 0. The van der Waals surface area contributed by atoms with Gasteiger partial charge in [-0.05, 0) is 53.4 Å². The molecular weight excluding hydrogens is 316 g/mol. The summed E-state index contributed by atoms with van der Waals surface area (Å²) < 4.78 is 0. The van der Waals surface area contributed by atoms with Crippen LogP contribution in [0.15, 0.2) is 0 Å². The van der Waals surface area contributed by atoms with Crippen molar-refractivity contribution in [2.45, 2.75) is 65.5 Å². The van der Waals surface area contributed by atoms with Crippen molar-refractivity contribution in [3.05, 3.63) is 0 Å². The molecule has 3 amide bonds. The Morgan fingerprint density at radius 1 is 1.00 bits per heavy atom. The molecule has 0 aromatic heterocycles. The van der Waals surface area contributed by atoms with Gasteiger partial charge in [0.1, 0.15) is 0 Å². The summed E-state index contributed by atoms with van der Waals surface area (Å²) in [6, 6.07) is 0.807. The Hall–Kier alpha value is -1.30. The van der Waals surface area contributed by atoms with Crippen LogP contribution in [0.1, 0.15) is 53.4 Å². The molecular formula is C19H36N4O2. The van der Waals surface area contributed by atoms with Gasteiger partial charge in [-0.2, -0.15) is 0 Å². The molecule has 6 nitrogen and oxygen atoms in total. The Balaban J connectivity index is 1.74. The van der Waals surface area contributed by atoms with Crippen LogP contribution < -0.4 is 5.32 Å². The lowest BCUT2D eigenvalue weighted by Gasteiger charge is -2.39. The maximum absolute atomic E-state index is 12.8.